The number of nitrogens with zero attached hydrogens (tertiary/aromatic N) is 1. The van der Waals surface area contributed by atoms with Gasteiger partial charge >= 0.3 is 6.03 Å². The van der Waals surface area contributed by atoms with E-state index in [1.54, 1.807) is 0 Å². The molecule has 0 radical (unpaired) electrons. The molecule has 3 heteroatoms. The summed E-state index contributed by atoms with van der Waals surface area (Å²) in [7, 11) is 0. The molecule has 3 aliphatic rings. The fraction of sp³-hybridized carbons (Fsp3) is 0.933. The number of carbonyl (C=O) groups is 1. The lowest BCUT2D eigenvalue weighted by Gasteiger charge is -2.33. The highest BCUT2D eigenvalue weighted by molar-refractivity contribution is 5.75. The van der Waals surface area contributed by atoms with Gasteiger partial charge in [-0.1, -0.05) is 32.1 Å². The highest BCUT2D eigenvalue weighted by Gasteiger charge is 2.38. The Morgan fingerprint density at radius 3 is 2.44 bits per heavy atom. The minimum atomic E-state index is 0.233. The first-order chi connectivity index (χ1) is 8.84. The van der Waals surface area contributed by atoms with Gasteiger partial charge in [0.2, 0.25) is 0 Å². The van der Waals surface area contributed by atoms with Crippen LogP contribution < -0.4 is 5.32 Å². The molecule has 2 aliphatic carbocycles. The molecule has 3 fully saturated rings. The van der Waals surface area contributed by atoms with Crippen molar-refractivity contribution in [2.75, 3.05) is 6.54 Å². The number of hydrogen-bond donors (Lipinski definition) is 1. The third kappa shape index (κ3) is 2.50. The SMILES string of the molecule is O=C(NC1CCCCC1)N1CCC2CCCCC21. The lowest BCUT2D eigenvalue weighted by atomic mass is 9.85. The number of carbonyl (C=O) groups excluding carboxylic acids is 1. The van der Waals surface area contributed by atoms with Crippen LogP contribution in [0.5, 0.6) is 0 Å². The molecule has 102 valence electrons. The van der Waals surface area contributed by atoms with E-state index in [-0.39, 0.29) is 6.03 Å². The first kappa shape index (κ1) is 12.3. The van der Waals surface area contributed by atoms with E-state index in [1.165, 1.54) is 64.2 Å². The van der Waals surface area contributed by atoms with Crippen molar-refractivity contribution in [3.63, 3.8) is 0 Å². The molecule has 0 aromatic rings. The van der Waals surface area contributed by atoms with Crippen LogP contribution in [0.4, 0.5) is 4.79 Å². The Morgan fingerprint density at radius 2 is 1.61 bits per heavy atom. The van der Waals surface area contributed by atoms with E-state index in [2.05, 4.69) is 10.2 Å². The van der Waals surface area contributed by atoms with Crippen LogP contribution in [0.15, 0.2) is 0 Å². The third-order valence-corrected chi connectivity index (χ3v) is 5.20. The molecule has 3 nitrogen and oxygen atoms in total. The van der Waals surface area contributed by atoms with Crippen molar-refractivity contribution in [1.82, 2.24) is 10.2 Å². The number of rotatable bonds is 1. The van der Waals surface area contributed by atoms with E-state index in [4.69, 9.17) is 0 Å². The Bertz CT molecular complexity index is 299. The summed E-state index contributed by atoms with van der Waals surface area (Å²) < 4.78 is 0. The summed E-state index contributed by atoms with van der Waals surface area (Å²) in [5.74, 6) is 0.802. The van der Waals surface area contributed by atoms with Crippen LogP contribution in [0.3, 0.4) is 0 Å². The maximum atomic E-state index is 12.4. The zero-order valence-corrected chi connectivity index (χ0v) is 11.4. The lowest BCUT2D eigenvalue weighted by molar-refractivity contribution is 0.164. The van der Waals surface area contributed by atoms with Crippen LogP contribution in [0.2, 0.25) is 0 Å². The first-order valence-electron chi connectivity index (χ1n) is 7.92. The van der Waals surface area contributed by atoms with Gasteiger partial charge in [0, 0.05) is 18.6 Å². The Morgan fingerprint density at radius 1 is 0.889 bits per heavy atom. The highest BCUT2D eigenvalue weighted by atomic mass is 16.2. The summed E-state index contributed by atoms with van der Waals surface area (Å²) >= 11 is 0. The molecular weight excluding hydrogens is 224 g/mol. The fourth-order valence-corrected chi connectivity index (χ4v) is 4.16. The van der Waals surface area contributed by atoms with Gasteiger partial charge in [0.15, 0.2) is 0 Å². The van der Waals surface area contributed by atoms with Crippen LogP contribution in [-0.2, 0) is 0 Å². The van der Waals surface area contributed by atoms with E-state index >= 15 is 0 Å². The maximum Gasteiger partial charge on any atom is 0.317 e. The molecule has 2 saturated carbocycles. The van der Waals surface area contributed by atoms with Crippen molar-refractivity contribution in [2.45, 2.75) is 76.3 Å². The molecule has 0 aromatic carbocycles. The van der Waals surface area contributed by atoms with Crippen LogP contribution in [0.1, 0.15) is 64.2 Å². The summed E-state index contributed by atoms with van der Waals surface area (Å²) in [4.78, 5) is 14.5. The van der Waals surface area contributed by atoms with Gasteiger partial charge in [-0.2, -0.15) is 0 Å². The number of amides is 2. The van der Waals surface area contributed by atoms with E-state index in [0.29, 0.717) is 12.1 Å². The summed E-state index contributed by atoms with van der Waals surface area (Å²) in [5.41, 5.74) is 0. The first-order valence-corrected chi connectivity index (χ1v) is 7.92. The second-order valence-corrected chi connectivity index (χ2v) is 6.38. The van der Waals surface area contributed by atoms with Gasteiger partial charge in [-0.15, -0.1) is 0 Å². The Kier molecular flexibility index (Phi) is 3.76. The van der Waals surface area contributed by atoms with Crippen molar-refractivity contribution in [3.8, 4) is 0 Å². The summed E-state index contributed by atoms with van der Waals surface area (Å²) in [6, 6.07) is 1.24. The second-order valence-electron chi connectivity index (χ2n) is 6.38. The smallest absolute Gasteiger partial charge is 0.317 e. The Labute approximate surface area is 110 Å². The summed E-state index contributed by atoms with van der Waals surface area (Å²) in [5, 5.41) is 3.28. The minimum absolute atomic E-state index is 0.233. The molecule has 0 spiro atoms. The normalized spacial score (nSPS) is 33.2. The van der Waals surface area contributed by atoms with E-state index < -0.39 is 0 Å². The zero-order chi connectivity index (χ0) is 12.4. The predicted molar refractivity (Wildman–Crippen MR) is 72.5 cm³/mol. The molecule has 2 atom stereocenters. The molecule has 2 unspecified atom stereocenters. The van der Waals surface area contributed by atoms with E-state index in [9.17, 15) is 4.79 Å². The molecule has 0 aromatic heterocycles. The standard InChI is InChI=1S/C15H26N2O/c18-15(16-13-7-2-1-3-8-13)17-11-10-12-6-4-5-9-14(12)17/h12-14H,1-11H2,(H,16,18). The molecule has 3 rings (SSSR count). The molecule has 1 N–H and O–H groups in total. The summed E-state index contributed by atoms with van der Waals surface area (Å²) in [6.07, 6.45) is 12.8. The lowest BCUT2D eigenvalue weighted by Crippen LogP contribution is -2.48. The molecular formula is C15H26N2O. The van der Waals surface area contributed by atoms with Crippen molar-refractivity contribution in [1.29, 1.82) is 0 Å². The second kappa shape index (κ2) is 5.50. The van der Waals surface area contributed by atoms with Crippen LogP contribution in [0.25, 0.3) is 0 Å². The van der Waals surface area contributed by atoms with Gasteiger partial charge < -0.3 is 10.2 Å². The minimum Gasteiger partial charge on any atom is -0.335 e. The number of likely N-dealkylation sites (tertiary alicyclic amines) is 1. The Balaban J connectivity index is 1.55. The zero-order valence-electron chi connectivity index (χ0n) is 11.4. The number of fused-ring (bicyclic) bond motifs is 1. The van der Waals surface area contributed by atoms with Crippen molar-refractivity contribution in [3.05, 3.63) is 0 Å². The van der Waals surface area contributed by atoms with Crippen molar-refractivity contribution >= 4 is 6.03 Å². The molecule has 1 saturated heterocycles. The molecule has 18 heavy (non-hydrogen) atoms. The van der Waals surface area contributed by atoms with Gasteiger partial charge in [0.1, 0.15) is 0 Å². The van der Waals surface area contributed by atoms with Crippen LogP contribution >= 0.6 is 0 Å². The fourth-order valence-electron chi connectivity index (χ4n) is 4.16. The highest BCUT2D eigenvalue weighted by Crippen LogP contribution is 2.36. The number of hydrogen-bond acceptors (Lipinski definition) is 1. The quantitative estimate of drug-likeness (QED) is 0.761. The largest absolute Gasteiger partial charge is 0.335 e. The van der Waals surface area contributed by atoms with E-state index in [0.717, 1.165) is 12.5 Å². The Hall–Kier alpha value is -0.730. The van der Waals surface area contributed by atoms with Crippen LogP contribution in [0, 0.1) is 5.92 Å². The van der Waals surface area contributed by atoms with E-state index in [1.807, 2.05) is 0 Å². The average molecular weight is 250 g/mol. The predicted octanol–water partition coefficient (Wildman–Crippen LogP) is 3.29. The van der Waals surface area contributed by atoms with Gasteiger partial charge in [-0.3, -0.25) is 0 Å². The molecule has 2 amide bonds. The average Bonchev–Trinajstić information content (AvgIpc) is 2.84. The summed E-state index contributed by atoms with van der Waals surface area (Å²) in [6.45, 7) is 0.994. The van der Waals surface area contributed by atoms with Crippen LogP contribution in [-0.4, -0.2) is 29.6 Å². The molecule has 1 heterocycles. The monoisotopic (exact) mass is 250 g/mol. The van der Waals surface area contributed by atoms with Crippen molar-refractivity contribution in [2.24, 2.45) is 5.92 Å². The maximum absolute atomic E-state index is 12.4. The number of urea groups is 1. The molecule has 0 bridgehead atoms. The third-order valence-electron chi connectivity index (χ3n) is 5.20. The van der Waals surface area contributed by atoms with Gasteiger partial charge in [-0.25, -0.2) is 4.79 Å². The van der Waals surface area contributed by atoms with Gasteiger partial charge in [-0.05, 0) is 38.0 Å². The number of nitrogens with one attached hydrogen (secondary N) is 1. The van der Waals surface area contributed by atoms with Gasteiger partial charge in [0.05, 0.1) is 0 Å². The topological polar surface area (TPSA) is 32.3 Å². The van der Waals surface area contributed by atoms with Gasteiger partial charge in [0.25, 0.3) is 0 Å². The molecule has 1 aliphatic heterocycles. The van der Waals surface area contributed by atoms with Crippen molar-refractivity contribution < 1.29 is 4.79 Å².